The molecular formula is C12H14N4O3S. The van der Waals surface area contributed by atoms with Crippen LogP contribution in [-0.2, 0) is 6.54 Å². The molecule has 7 nitrogen and oxygen atoms in total. The molecule has 0 unspecified atom stereocenters. The van der Waals surface area contributed by atoms with Crippen LogP contribution in [0.5, 0.6) is 0 Å². The Morgan fingerprint density at radius 2 is 2.35 bits per heavy atom. The summed E-state index contributed by atoms with van der Waals surface area (Å²) < 4.78 is 0. The second-order valence-corrected chi connectivity index (χ2v) is 5.54. The number of likely N-dealkylation sites (N-methyl/N-ethyl adjacent to an activating group) is 1. The molecule has 0 aliphatic heterocycles. The predicted octanol–water partition coefficient (Wildman–Crippen LogP) is 2.00. The maximum absolute atomic E-state index is 12.0. The standard InChI is InChI=1S/C12H14N4O3S/c1-8-14-9(7-20-8)5-15(2)6-12(17)11-3-10(4-13-11)16(18)19/h3-4,7,13H,5-6H2,1-2H3. The van der Waals surface area contributed by atoms with Gasteiger partial charge in [-0.2, -0.15) is 0 Å². The predicted molar refractivity (Wildman–Crippen MR) is 75.0 cm³/mol. The summed E-state index contributed by atoms with van der Waals surface area (Å²) in [4.78, 5) is 30.8. The van der Waals surface area contributed by atoms with Crippen LogP contribution in [0.3, 0.4) is 0 Å². The summed E-state index contributed by atoms with van der Waals surface area (Å²) in [6.07, 6.45) is 1.22. The van der Waals surface area contributed by atoms with Gasteiger partial charge in [0.1, 0.15) is 0 Å². The normalized spacial score (nSPS) is 10.9. The smallest absolute Gasteiger partial charge is 0.287 e. The van der Waals surface area contributed by atoms with Gasteiger partial charge in [0.2, 0.25) is 0 Å². The Bertz CT molecular complexity index is 634. The van der Waals surface area contributed by atoms with Crippen LogP contribution in [0.1, 0.15) is 21.2 Å². The topological polar surface area (TPSA) is 92.1 Å². The van der Waals surface area contributed by atoms with Crippen LogP contribution in [0.2, 0.25) is 0 Å². The van der Waals surface area contributed by atoms with Crippen LogP contribution in [0.25, 0.3) is 0 Å². The summed E-state index contributed by atoms with van der Waals surface area (Å²) in [6.45, 7) is 2.67. The molecule has 0 amide bonds. The van der Waals surface area contributed by atoms with Crippen molar-refractivity contribution in [3.8, 4) is 0 Å². The fraction of sp³-hybridized carbons (Fsp3) is 0.333. The Kier molecular flexibility index (Phi) is 4.26. The lowest BCUT2D eigenvalue weighted by molar-refractivity contribution is -0.384. The van der Waals surface area contributed by atoms with Crippen LogP contribution in [0, 0.1) is 17.0 Å². The van der Waals surface area contributed by atoms with Gasteiger partial charge in [0.05, 0.1) is 34.1 Å². The summed E-state index contributed by atoms with van der Waals surface area (Å²) in [5, 5.41) is 13.5. The molecule has 0 atom stereocenters. The molecule has 2 aromatic rings. The zero-order valence-electron chi connectivity index (χ0n) is 11.1. The van der Waals surface area contributed by atoms with Gasteiger partial charge in [0, 0.05) is 18.0 Å². The van der Waals surface area contributed by atoms with Crippen LogP contribution in [-0.4, -0.2) is 39.2 Å². The van der Waals surface area contributed by atoms with E-state index in [2.05, 4.69) is 9.97 Å². The van der Waals surface area contributed by atoms with Crippen molar-refractivity contribution in [2.45, 2.75) is 13.5 Å². The van der Waals surface area contributed by atoms with E-state index in [-0.39, 0.29) is 23.7 Å². The number of nitrogens with one attached hydrogen (secondary N) is 1. The number of Topliss-reactive ketones (excluding diaryl/α,β-unsaturated/α-hetero) is 1. The highest BCUT2D eigenvalue weighted by Crippen LogP contribution is 2.14. The van der Waals surface area contributed by atoms with Crippen molar-refractivity contribution < 1.29 is 9.72 Å². The molecule has 20 heavy (non-hydrogen) atoms. The number of hydrogen-bond donors (Lipinski definition) is 1. The first kappa shape index (κ1) is 14.4. The van der Waals surface area contributed by atoms with E-state index in [0.29, 0.717) is 6.54 Å². The van der Waals surface area contributed by atoms with Crippen molar-refractivity contribution in [1.82, 2.24) is 14.9 Å². The third-order valence-electron chi connectivity index (χ3n) is 2.69. The zero-order chi connectivity index (χ0) is 14.7. The van der Waals surface area contributed by atoms with Gasteiger partial charge < -0.3 is 4.98 Å². The molecular weight excluding hydrogens is 280 g/mol. The Labute approximate surface area is 119 Å². The highest BCUT2D eigenvalue weighted by molar-refractivity contribution is 7.09. The third kappa shape index (κ3) is 3.49. The Morgan fingerprint density at radius 3 is 2.90 bits per heavy atom. The summed E-state index contributed by atoms with van der Waals surface area (Å²) >= 11 is 1.56. The third-order valence-corrected chi connectivity index (χ3v) is 3.51. The fourth-order valence-corrected chi connectivity index (χ4v) is 2.40. The first-order chi connectivity index (χ1) is 9.45. The molecule has 2 rings (SSSR count). The van der Waals surface area contributed by atoms with E-state index in [9.17, 15) is 14.9 Å². The minimum absolute atomic E-state index is 0.105. The molecule has 106 valence electrons. The maximum atomic E-state index is 12.0. The molecule has 0 saturated carbocycles. The average molecular weight is 294 g/mol. The molecule has 0 saturated heterocycles. The van der Waals surface area contributed by atoms with Crippen LogP contribution in [0.15, 0.2) is 17.6 Å². The molecule has 0 bridgehead atoms. The number of H-pyrrole nitrogens is 1. The molecule has 0 aromatic carbocycles. The van der Waals surface area contributed by atoms with E-state index in [0.717, 1.165) is 10.7 Å². The molecule has 0 aliphatic rings. The van der Waals surface area contributed by atoms with Crippen molar-refractivity contribution in [3.63, 3.8) is 0 Å². The number of aromatic nitrogens is 2. The highest BCUT2D eigenvalue weighted by atomic mass is 32.1. The summed E-state index contributed by atoms with van der Waals surface area (Å²) in [6, 6.07) is 1.25. The summed E-state index contributed by atoms with van der Waals surface area (Å²) in [5.74, 6) is -0.187. The quantitative estimate of drug-likeness (QED) is 0.500. The monoisotopic (exact) mass is 294 g/mol. The number of nitro groups is 1. The van der Waals surface area contributed by atoms with E-state index >= 15 is 0 Å². The summed E-state index contributed by atoms with van der Waals surface area (Å²) in [7, 11) is 1.81. The Morgan fingerprint density at radius 1 is 1.60 bits per heavy atom. The van der Waals surface area contributed by atoms with Crippen LogP contribution in [0.4, 0.5) is 5.69 Å². The van der Waals surface area contributed by atoms with Crippen molar-refractivity contribution in [2.75, 3.05) is 13.6 Å². The summed E-state index contributed by atoms with van der Waals surface area (Å²) in [5.41, 5.74) is 1.06. The number of carbonyl (C=O) groups is 1. The molecule has 1 N–H and O–H groups in total. The molecule has 2 heterocycles. The number of rotatable bonds is 6. The fourth-order valence-electron chi connectivity index (χ4n) is 1.79. The van der Waals surface area contributed by atoms with Gasteiger partial charge in [0.25, 0.3) is 5.69 Å². The molecule has 0 spiro atoms. The van der Waals surface area contributed by atoms with Gasteiger partial charge in [-0.15, -0.1) is 11.3 Å². The number of aryl methyl sites for hydroxylation is 1. The van der Waals surface area contributed by atoms with Gasteiger partial charge in [-0.25, -0.2) is 4.98 Å². The van der Waals surface area contributed by atoms with Crippen LogP contribution < -0.4 is 0 Å². The highest BCUT2D eigenvalue weighted by Gasteiger charge is 2.16. The second kappa shape index (κ2) is 5.93. The van der Waals surface area contributed by atoms with E-state index in [1.54, 1.807) is 11.3 Å². The zero-order valence-corrected chi connectivity index (χ0v) is 11.9. The maximum Gasteiger partial charge on any atom is 0.287 e. The second-order valence-electron chi connectivity index (χ2n) is 4.48. The van der Waals surface area contributed by atoms with E-state index in [1.165, 1.54) is 12.3 Å². The van der Waals surface area contributed by atoms with E-state index in [4.69, 9.17) is 0 Å². The molecule has 0 radical (unpaired) electrons. The molecule has 2 aromatic heterocycles. The lowest BCUT2D eigenvalue weighted by atomic mass is 10.2. The van der Waals surface area contributed by atoms with Crippen molar-refractivity contribution >= 4 is 22.8 Å². The first-order valence-corrected chi connectivity index (χ1v) is 6.79. The minimum atomic E-state index is -0.533. The van der Waals surface area contributed by atoms with Gasteiger partial charge in [-0.3, -0.25) is 19.8 Å². The number of carbonyl (C=O) groups excluding carboxylic acids is 1. The number of aromatic amines is 1. The number of ketones is 1. The Hall–Kier alpha value is -2.06. The minimum Gasteiger partial charge on any atom is -0.353 e. The van der Waals surface area contributed by atoms with Gasteiger partial charge in [0.15, 0.2) is 5.78 Å². The lowest BCUT2D eigenvalue weighted by Crippen LogP contribution is -2.25. The average Bonchev–Trinajstić information content (AvgIpc) is 2.98. The molecule has 8 heteroatoms. The van der Waals surface area contributed by atoms with Crippen molar-refractivity contribution in [3.05, 3.63) is 44.2 Å². The number of hydrogen-bond acceptors (Lipinski definition) is 6. The van der Waals surface area contributed by atoms with Crippen LogP contribution >= 0.6 is 11.3 Å². The van der Waals surface area contributed by atoms with Crippen molar-refractivity contribution in [2.24, 2.45) is 0 Å². The van der Waals surface area contributed by atoms with Gasteiger partial charge in [-0.05, 0) is 14.0 Å². The van der Waals surface area contributed by atoms with Gasteiger partial charge in [-0.1, -0.05) is 0 Å². The molecule has 0 fully saturated rings. The van der Waals surface area contributed by atoms with E-state index in [1.807, 2.05) is 24.3 Å². The van der Waals surface area contributed by atoms with E-state index < -0.39 is 4.92 Å². The van der Waals surface area contributed by atoms with Gasteiger partial charge >= 0.3 is 0 Å². The lowest BCUT2D eigenvalue weighted by Gasteiger charge is -2.13. The number of nitrogens with zero attached hydrogens (tertiary/aromatic N) is 3. The SMILES string of the molecule is Cc1nc(CN(C)CC(=O)c2cc([N+](=O)[O-])c[nH]2)cs1. The van der Waals surface area contributed by atoms with Crippen molar-refractivity contribution in [1.29, 1.82) is 0 Å². The Balaban J connectivity index is 1.94. The number of thiazole rings is 1. The first-order valence-electron chi connectivity index (χ1n) is 5.91. The largest absolute Gasteiger partial charge is 0.353 e. The molecule has 0 aliphatic carbocycles.